The number of thiazole rings is 1. The molecule has 30 heavy (non-hydrogen) atoms. The van der Waals surface area contributed by atoms with Crippen LogP contribution in [0.5, 0.6) is 0 Å². The summed E-state index contributed by atoms with van der Waals surface area (Å²) in [6.45, 7) is 1.62. The molecular weight excluding hydrogens is 402 g/mol. The lowest BCUT2D eigenvalue weighted by atomic mass is 10.2. The van der Waals surface area contributed by atoms with Crippen LogP contribution in [-0.2, 0) is 9.53 Å². The van der Waals surface area contributed by atoms with E-state index in [9.17, 15) is 14.8 Å². The quantitative estimate of drug-likeness (QED) is 0.302. The normalized spacial score (nSPS) is 10.7. The van der Waals surface area contributed by atoms with Crippen LogP contribution in [-0.4, -0.2) is 23.5 Å². The van der Waals surface area contributed by atoms with E-state index in [0.29, 0.717) is 10.4 Å². The van der Waals surface area contributed by atoms with Gasteiger partial charge in [-0.2, -0.15) is 4.73 Å². The largest absolute Gasteiger partial charge is 0.619 e. The van der Waals surface area contributed by atoms with E-state index in [-0.39, 0.29) is 5.56 Å². The molecule has 0 saturated carbocycles. The lowest BCUT2D eigenvalue weighted by Crippen LogP contribution is -2.25. The van der Waals surface area contributed by atoms with Crippen molar-refractivity contribution in [2.75, 3.05) is 11.9 Å². The van der Waals surface area contributed by atoms with Gasteiger partial charge in [0, 0.05) is 23.4 Å². The number of aryl methyl sites for hydroxylation is 1. The number of pyridine rings is 1. The number of carbonyl (C=O) groups excluding carboxylic acids is 2. The maximum atomic E-state index is 12.1. The second-order valence-electron chi connectivity index (χ2n) is 6.64. The maximum Gasteiger partial charge on any atom is 0.339 e. The molecule has 4 aromatic rings. The second-order valence-corrected chi connectivity index (χ2v) is 7.67. The van der Waals surface area contributed by atoms with Crippen molar-refractivity contribution in [1.82, 2.24) is 4.98 Å². The Kier molecular flexibility index (Phi) is 5.40. The molecule has 2 aromatic heterocycles. The van der Waals surface area contributed by atoms with Crippen LogP contribution in [0.3, 0.4) is 0 Å². The van der Waals surface area contributed by atoms with Crippen molar-refractivity contribution in [2.24, 2.45) is 0 Å². The molecule has 0 aliphatic heterocycles. The highest BCUT2D eigenvalue weighted by molar-refractivity contribution is 7.21. The Morgan fingerprint density at radius 3 is 2.57 bits per heavy atom. The Balaban J connectivity index is 1.36. The van der Waals surface area contributed by atoms with Gasteiger partial charge < -0.3 is 15.3 Å². The van der Waals surface area contributed by atoms with Crippen LogP contribution in [0, 0.1) is 12.1 Å². The van der Waals surface area contributed by atoms with Crippen LogP contribution in [0.1, 0.15) is 15.9 Å². The molecule has 0 atom stereocenters. The molecule has 1 N–H and O–H groups in total. The molecule has 7 nitrogen and oxygen atoms in total. The number of aromatic nitrogens is 2. The van der Waals surface area contributed by atoms with E-state index in [0.717, 1.165) is 20.8 Å². The SMILES string of the molecule is Cc1ccc2nc(-c3ccc(NC(=O)COC(=O)c4cc[n+]([O-])cc4)cc3)sc2c1. The summed E-state index contributed by atoms with van der Waals surface area (Å²) in [6, 6.07) is 16.1. The van der Waals surface area contributed by atoms with E-state index in [4.69, 9.17) is 4.74 Å². The molecule has 0 bridgehead atoms. The third-order valence-corrected chi connectivity index (χ3v) is 5.40. The summed E-state index contributed by atoms with van der Waals surface area (Å²) in [5.41, 5.74) is 3.90. The first-order valence-electron chi connectivity index (χ1n) is 9.11. The predicted octanol–water partition coefficient (Wildman–Crippen LogP) is 3.70. The van der Waals surface area contributed by atoms with Gasteiger partial charge in [-0.15, -0.1) is 11.3 Å². The van der Waals surface area contributed by atoms with Gasteiger partial charge in [0.1, 0.15) is 5.01 Å². The summed E-state index contributed by atoms with van der Waals surface area (Å²) in [5, 5.41) is 14.6. The van der Waals surface area contributed by atoms with Crippen LogP contribution < -0.4 is 10.0 Å². The van der Waals surface area contributed by atoms with Crippen LogP contribution in [0.2, 0.25) is 0 Å². The molecule has 0 aliphatic carbocycles. The molecular formula is C22H17N3O4S. The lowest BCUT2D eigenvalue weighted by Gasteiger charge is -2.07. The van der Waals surface area contributed by atoms with Crippen molar-refractivity contribution in [3.05, 3.63) is 83.3 Å². The number of rotatable bonds is 5. The smallest absolute Gasteiger partial charge is 0.339 e. The summed E-state index contributed by atoms with van der Waals surface area (Å²) < 4.78 is 6.66. The van der Waals surface area contributed by atoms with E-state index < -0.39 is 18.5 Å². The van der Waals surface area contributed by atoms with Gasteiger partial charge in [-0.25, -0.2) is 9.78 Å². The van der Waals surface area contributed by atoms with Crippen LogP contribution in [0.15, 0.2) is 67.0 Å². The number of nitrogens with one attached hydrogen (secondary N) is 1. The van der Waals surface area contributed by atoms with Gasteiger partial charge in [0.05, 0.1) is 15.8 Å². The van der Waals surface area contributed by atoms with E-state index in [1.807, 2.05) is 24.3 Å². The highest BCUT2D eigenvalue weighted by Gasteiger charge is 2.12. The van der Waals surface area contributed by atoms with Gasteiger partial charge in [-0.3, -0.25) is 4.79 Å². The standard InChI is InChI=1S/C22H17N3O4S/c1-14-2-7-18-19(12-14)30-21(24-18)15-3-5-17(6-4-15)23-20(26)13-29-22(27)16-8-10-25(28)11-9-16/h2-12H,13H2,1H3,(H,23,26). The van der Waals surface area contributed by atoms with Crippen molar-refractivity contribution < 1.29 is 19.1 Å². The Hall–Kier alpha value is -3.78. The number of benzene rings is 2. The fourth-order valence-corrected chi connectivity index (χ4v) is 3.88. The predicted molar refractivity (Wildman–Crippen MR) is 114 cm³/mol. The minimum absolute atomic E-state index is 0.199. The van der Waals surface area contributed by atoms with Crippen molar-refractivity contribution >= 4 is 39.1 Å². The average molecular weight is 419 g/mol. The number of amides is 1. The molecule has 0 unspecified atom stereocenters. The van der Waals surface area contributed by atoms with E-state index in [1.54, 1.807) is 23.5 Å². The monoisotopic (exact) mass is 419 g/mol. The number of hydrogen-bond acceptors (Lipinski definition) is 6. The number of anilines is 1. The topological polar surface area (TPSA) is 95.2 Å². The molecule has 150 valence electrons. The van der Waals surface area contributed by atoms with Gasteiger partial charge in [0.2, 0.25) is 0 Å². The Morgan fingerprint density at radius 2 is 1.83 bits per heavy atom. The van der Waals surface area contributed by atoms with Gasteiger partial charge in [-0.05, 0) is 48.9 Å². The molecule has 2 aromatic carbocycles. The summed E-state index contributed by atoms with van der Waals surface area (Å²) in [5.74, 6) is -1.13. The molecule has 0 radical (unpaired) electrons. The molecule has 0 spiro atoms. The minimum Gasteiger partial charge on any atom is -0.619 e. The molecule has 0 fully saturated rings. The summed E-state index contributed by atoms with van der Waals surface area (Å²) in [7, 11) is 0. The first-order valence-corrected chi connectivity index (χ1v) is 9.93. The second kappa shape index (κ2) is 8.30. The first kappa shape index (κ1) is 19.5. The van der Waals surface area contributed by atoms with Crippen molar-refractivity contribution in [3.8, 4) is 10.6 Å². The minimum atomic E-state index is -0.674. The van der Waals surface area contributed by atoms with Gasteiger partial charge in [-0.1, -0.05) is 6.07 Å². The fraction of sp³-hybridized carbons (Fsp3) is 0.0909. The number of hydrogen-bond donors (Lipinski definition) is 1. The lowest BCUT2D eigenvalue weighted by molar-refractivity contribution is -0.605. The molecule has 1 amide bonds. The van der Waals surface area contributed by atoms with E-state index in [1.165, 1.54) is 30.1 Å². The van der Waals surface area contributed by atoms with Crippen LogP contribution in [0.25, 0.3) is 20.8 Å². The molecule has 0 saturated heterocycles. The summed E-state index contributed by atoms with van der Waals surface area (Å²) in [6.07, 6.45) is 2.37. The Morgan fingerprint density at radius 1 is 1.10 bits per heavy atom. The first-order chi connectivity index (χ1) is 14.5. The van der Waals surface area contributed by atoms with Gasteiger partial charge in [0.15, 0.2) is 19.0 Å². The highest BCUT2D eigenvalue weighted by Crippen LogP contribution is 2.31. The third-order valence-electron chi connectivity index (χ3n) is 4.33. The van der Waals surface area contributed by atoms with Gasteiger partial charge in [0.25, 0.3) is 5.91 Å². The summed E-state index contributed by atoms with van der Waals surface area (Å²) >= 11 is 1.62. The summed E-state index contributed by atoms with van der Waals surface area (Å²) in [4.78, 5) is 28.6. The van der Waals surface area contributed by atoms with E-state index in [2.05, 4.69) is 23.3 Å². The fourth-order valence-electron chi connectivity index (χ4n) is 2.81. The van der Waals surface area contributed by atoms with Crippen molar-refractivity contribution in [2.45, 2.75) is 6.92 Å². The number of carbonyl (C=O) groups is 2. The zero-order chi connectivity index (χ0) is 21.1. The third kappa shape index (κ3) is 4.44. The Labute approximate surface area is 176 Å². The maximum absolute atomic E-state index is 12.1. The molecule has 4 rings (SSSR count). The van der Waals surface area contributed by atoms with Crippen molar-refractivity contribution in [1.29, 1.82) is 0 Å². The van der Waals surface area contributed by atoms with Crippen LogP contribution >= 0.6 is 11.3 Å². The number of fused-ring (bicyclic) bond motifs is 1. The van der Waals surface area contributed by atoms with E-state index >= 15 is 0 Å². The number of esters is 1. The molecule has 8 heteroatoms. The highest BCUT2D eigenvalue weighted by atomic mass is 32.1. The average Bonchev–Trinajstić information content (AvgIpc) is 3.16. The zero-order valence-corrected chi connectivity index (χ0v) is 16.8. The van der Waals surface area contributed by atoms with Crippen LogP contribution in [0.4, 0.5) is 5.69 Å². The molecule has 2 heterocycles. The van der Waals surface area contributed by atoms with Crippen molar-refractivity contribution in [3.63, 3.8) is 0 Å². The molecule has 0 aliphatic rings. The number of ether oxygens (including phenoxy) is 1. The number of nitrogens with zero attached hydrogens (tertiary/aromatic N) is 2. The van der Waals surface area contributed by atoms with Gasteiger partial charge >= 0.3 is 5.97 Å². The zero-order valence-electron chi connectivity index (χ0n) is 16.0. The Bertz CT molecular complexity index is 1220.